The number of nitrogens with one attached hydrogen (secondary N) is 1. The first-order valence-corrected chi connectivity index (χ1v) is 9.60. The molecule has 0 aromatic heterocycles. The van der Waals surface area contributed by atoms with Crippen LogP contribution in [-0.2, 0) is 10.0 Å². The first-order chi connectivity index (χ1) is 12.5. The Balaban J connectivity index is 1.73. The number of amides is 1. The molecule has 2 aromatic rings. The van der Waals surface area contributed by atoms with E-state index in [1.165, 1.54) is 46.9 Å². The summed E-state index contributed by atoms with van der Waals surface area (Å²) in [5.41, 5.74) is 2.68. The van der Waals surface area contributed by atoms with Gasteiger partial charge in [-0.2, -0.15) is 9.41 Å². The van der Waals surface area contributed by atoms with E-state index in [0.717, 1.165) is 12.8 Å². The molecule has 0 unspecified atom stereocenters. The first kappa shape index (κ1) is 18.2. The highest BCUT2D eigenvalue weighted by Crippen LogP contribution is 2.21. The average molecular weight is 375 g/mol. The Morgan fingerprint density at radius 3 is 2.58 bits per heavy atom. The molecule has 3 rings (SSSR count). The summed E-state index contributed by atoms with van der Waals surface area (Å²) in [7, 11) is -3.60. The Morgan fingerprint density at radius 1 is 1.12 bits per heavy atom. The Morgan fingerprint density at radius 2 is 1.85 bits per heavy atom. The molecule has 1 N–H and O–H groups in total. The topological polar surface area (TPSA) is 78.8 Å². The molecule has 1 heterocycles. The molecule has 6 nitrogen and oxygen atoms in total. The van der Waals surface area contributed by atoms with Crippen molar-refractivity contribution >= 4 is 22.1 Å². The van der Waals surface area contributed by atoms with Crippen LogP contribution >= 0.6 is 0 Å². The minimum Gasteiger partial charge on any atom is -0.267 e. The molecule has 1 saturated heterocycles. The summed E-state index contributed by atoms with van der Waals surface area (Å²) < 4.78 is 40.0. The summed E-state index contributed by atoms with van der Waals surface area (Å²) >= 11 is 0. The predicted molar refractivity (Wildman–Crippen MR) is 95.9 cm³/mol. The zero-order valence-electron chi connectivity index (χ0n) is 13.9. The van der Waals surface area contributed by atoms with Crippen molar-refractivity contribution in [2.75, 3.05) is 13.1 Å². The van der Waals surface area contributed by atoms with Crippen molar-refractivity contribution in [2.45, 2.75) is 17.7 Å². The van der Waals surface area contributed by atoms with Gasteiger partial charge in [0.25, 0.3) is 5.91 Å². The van der Waals surface area contributed by atoms with Crippen LogP contribution < -0.4 is 5.43 Å². The molecule has 26 heavy (non-hydrogen) atoms. The molecule has 1 aliphatic heterocycles. The van der Waals surface area contributed by atoms with Crippen molar-refractivity contribution < 1.29 is 17.6 Å². The van der Waals surface area contributed by atoms with Crippen molar-refractivity contribution in [3.8, 4) is 0 Å². The maximum atomic E-state index is 13.5. The van der Waals surface area contributed by atoms with E-state index in [9.17, 15) is 17.6 Å². The third-order valence-electron chi connectivity index (χ3n) is 4.07. The Hall–Kier alpha value is -2.58. The highest BCUT2D eigenvalue weighted by molar-refractivity contribution is 7.89. The summed E-state index contributed by atoms with van der Waals surface area (Å²) in [4.78, 5) is 12.3. The molecule has 2 aromatic carbocycles. The number of hydrogen-bond donors (Lipinski definition) is 1. The smallest absolute Gasteiger partial charge is 0.267 e. The van der Waals surface area contributed by atoms with E-state index in [1.807, 2.05) is 0 Å². The van der Waals surface area contributed by atoms with Gasteiger partial charge in [-0.25, -0.2) is 18.2 Å². The normalized spacial score (nSPS) is 15.4. The summed E-state index contributed by atoms with van der Waals surface area (Å²) in [6, 6.07) is 11.8. The van der Waals surface area contributed by atoms with Crippen LogP contribution in [0.2, 0.25) is 0 Å². The van der Waals surface area contributed by atoms with E-state index in [2.05, 4.69) is 10.5 Å². The van der Waals surface area contributed by atoms with Gasteiger partial charge in [0, 0.05) is 24.2 Å². The largest absolute Gasteiger partial charge is 0.271 e. The van der Waals surface area contributed by atoms with Gasteiger partial charge < -0.3 is 0 Å². The second-order valence-corrected chi connectivity index (χ2v) is 7.80. The first-order valence-electron chi connectivity index (χ1n) is 8.16. The van der Waals surface area contributed by atoms with Gasteiger partial charge in [0.2, 0.25) is 10.0 Å². The highest BCUT2D eigenvalue weighted by atomic mass is 32.2. The number of carbonyl (C=O) groups excluding carboxylic acids is 1. The van der Waals surface area contributed by atoms with Gasteiger partial charge in [-0.3, -0.25) is 4.79 Å². The zero-order chi connectivity index (χ0) is 18.6. The summed E-state index contributed by atoms with van der Waals surface area (Å²) in [5, 5.41) is 3.72. The Bertz CT molecular complexity index is 938. The third kappa shape index (κ3) is 3.97. The van der Waals surface area contributed by atoms with Gasteiger partial charge in [0.1, 0.15) is 5.82 Å². The lowest BCUT2D eigenvalue weighted by Crippen LogP contribution is -2.28. The fraction of sp³-hybridized carbons (Fsp3) is 0.222. The van der Waals surface area contributed by atoms with E-state index in [1.54, 1.807) is 12.1 Å². The van der Waals surface area contributed by atoms with E-state index in [-0.39, 0.29) is 16.0 Å². The Kier molecular flexibility index (Phi) is 5.43. The minimum absolute atomic E-state index is 0.0742. The van der Waals surface area contributed by atoms with Crippen LogP contribution in [0, 0.1) is 5.82 Å². The molecule has 8 heteroatoms. The molecule has 0 radical (unpaired) electrons. The van der Waals surface area contributed by atoms with Gasteiger partial charge >= 0.3 is 0 Å². The molecule has 0 spiro atoms. The Labute approximate surface area is 151 Å². The van der Waals surface area contributed by atoms with Crippen molar-refractivity contribution in [3.05, 3.63) is 65.5 Å². The van der Waals surface area contributed by atoms with Gasteiger partial charge in [-0.15, -0.1) is 0 Å². The second-order valence-electron chi connectivity index (χ2n) is 5.86. The lowest BCUT2D eigenvalue weighted by atomic mass is 10.2. The monoisotopic (exact) mass is 375 g/mol. The van der Waals surface area contributed by atoms with Crippen LogP contribution in [0.25, 0.3) is 0 Å². The number of hydrazone groups is 1. The second kappa shape index (κ2) is 7.76. The number of rotatable bonds is 5. The van der Waals surface area contributed by atoms with Crippen molar-refractivity contribution in [2.24, 2.45) is 5.10 Å². The lowest BCUT2D eigenvalue weighted by molar-refractivity contribution is 0.0955. The van der Waals surface area contributed by atoms with Gasteiger partial charge in [-0.05, 0) is 37.1 Å². The van der Waals surface area contributed by atoms with Crippen LogP contribution in [0.1, 0.15) is 28.8 Å². The van der Waals surface area contributed by atoms with Crippen LogP contribution in [0.5, 0.6) is 0 Å². The van der Waals surface area contributed by atoms with Crippen molar-refractivity contribution in [1.82, 2.24) is 9.73 Å². The van der Waals surface area contributed by atoms with E-state index >= 15 is 0 Å². The molecule has 0 saturated carbocycles. The SMILES string of the molecule is O=C(N/N=C\c1ccccc1F)c1cccc(S(=O)(=O)N2CCCC2)c1. The standard InChI is InChI=1S/C18H18FN3O3S/c19-17-9-2-1-6-15(17)13-20-21-18(23)14-7-5-8-16(12-14)26(24,25)22-10-3-4-11-22/h1-2,5-9,12-13H,3-4,10-11H2,(H,21,23)/b20-13-. The number of halogens is 1. The zero-order valence-corrected chi connectivity index (χ0v) is 14.7. The summed E-state index contributed by atoms with van der Waals surface area (Å²) in [6.07, 6.45) is 2.87. The number of benzene rings is 2. The molecule has 1 amide bonds. The quantitative estimate of drug-likeness (QED) is 0.644. The number of hydrogen-bond acceptors (Lipinski definition) is 4. The van der Waals surface area contributed by atoms with Crippen LogP contribution in [0.4, 0.5) is 4.39 Å². The molecule has 136 valence electrons. The van der Waals surface area contributed by atoms with Gasteiger partial charge in [0.15, 0.2) is 0 Å². The molecule has 1 fully saturated rings. The minimum atomic E-state index is -3.60. The van der Waals surface area contributed by atoms with E-state index in [0.29, 0.717) is 13.1 Å². The average Bonchev–Trinajstić information content (AvgIpc) is 3.19. The van der Waals surface area contributed by atoms with Crippen LogP contribution in [0.15, 0.2) is 58.5 Å². The molecule has 1 aliphatic rings. The van der Waals surface area contributed by atoms with E-state index in [4.69, 9.17) is 0 Å². The third-order valence-corrected chi connectivity index (χ3v) is 5.97. The van der Waals surface area contributed by atoms with Crippen molar-refractivity contribution in [3.63, 3.8) is 0 Å². The lowest BCUT2D eigenvalue weighted by Gasteiger charge is -2.15. The number of sulfonamides is 1. The number of nitrogens with zero attached hydrogens (tertiary/aromatic N) is 2. The van der Waals surface area contributed by atoms with E-state index < -0.39 is 21.7 Å². The van der Waals surface area contributed by atoms with Crippen LogP contribution in [-0.4, -0.2) is 37.9 Å². The van der Waals surface area contributed by atoms with Crippen molar-refractivity contribution in [1.29, 1.82) is 0 Å². The molecular formula is C18H18FN3O3S. The molecular weight excluding hydrogens is 357 g/mol. The van der Waals surface area contributed by atoms with Gasteiger partial charge in [0.05, 0.1) is 11.1 Å². The fourth-order valence-corrected chi connectivity index (χ4v) is 4.24. The molecule has 0 aliphatic carbocycles. The summed E-state index contributed by atoms with van der Waals surface area (Å²) in [6.45, 7) is 0.984. The highest BCUT2D eigenvalue weighted by Gasteiger charge is 2.27. The predicted octanol–water partition coefficient (Wildman–Crippen LogP) is 2.37. The maximum Gasteiger partial charge on any atom is 0.271 e. The maximum absolute atomic E-state index is 13.5. The molecule has 0 atom stereocenters. The van der Waals surface area contributed by atoms with Crippen LogP contribution in [0.3, 0.4) is 0 Å². The fourth-order valence-electron chi connectivity index (χ4n) is 2.68. The summed E-state index contributed by atoms with van der Waals surface area (Å²) in [5.74, 6) is -1.03. The molecule has 0 bridgehead atoms. The van der Waals surface area contributed by atoms with Gasteiger partial charge in [-0.1, -0.05) is 24.3 Å². The number of carbonyl (C=O) groups is 1.